The maximum atomic E-state index is 12.6. The van der Waals surface area contributed by atoms with E-state index in [-0.39, 0.29) is 11.8 Å². The molecule has 0 spiro atoms. The molecular weight excluding hydrogens is 362 g/mol. The average Bonchev–Trinajstić information content (AvgIpc) is 3.54. The van der Waals surface area contributed by atoms with Crippen molar-refractivity contribution in [3.05, 3.63) is 59.2 Å². The minimum Gasteiger partial charge on any atom is -0.326 e. The van der Waals surface area contributed by atoms with Gasteiger partial charge in [0.2, 0.25) is 11.8 Å². The van der Waals surface area contributed by atoms with Crippen LogP contribution < -0.4 is 10.6 Å². The highest BCUT2D eigenvalue weighted by Crippen LogP contribution is 2.27. The van der Waals surface area contributed by atoms with Gasteiger partial charge in [0.25, 0.3) is 0 Å². The maximum Gasteiger partial charge on any atom is 0.238 e. The van der Waals surface area contributed by atoms with E-state index < -0.39 is 0 Å². The van der Waals surface area contributed by atoms with Crippen molar-refractivity contribution in [2.45, 2.75) is 52.5 Å². The quantitative estimate of drug-likeness (QED) is 0.668. The largest absolute Gasteiger partial charge is 0.326 e. The van der Waals surface area contributed by atoms with Gasteiger partial charge in [0.1, 0.15) is 0 Å². The van der Waals surface area contributed by atoms with Crippen molar-refractivity contribution < 1.29 is 9.59 Å². The third-order valence-electron chi connectivity index (χ3n) is 5.35. The molecule has 1 aliphatic rings. The van der Waals surface area contributed by atoms with Crippen LogP contribution >= 0.6 is 0 Å². The van der Waals surface area contributed by atoms with Gasteiger partial charge in [0, 0.05) is 30.4 Å². The smallest absolute Gasteiger partial charge is 0.238 e. The molecular formula is C24H31N3O2. The van der Waals surface area contributed by atoms with Crippen LogP contribution in [0.1, 0.15) is 42.9 Å². The van der Waals surface area contributed by atoms with Crippen LogP contribution in [0.4, 0.5) is 11.4 Å². The lowest BCUT2D eigenvalue weighted by molar-refractivity contribution is -0.119. The second kappa shape index (κ2) is 9.70. The number of nitrogens with zero attached hydrogens (tertiary/aromatic N) is 1. The van der Waals surface area contributed by atoms with E-state index in [9.17, 15) is 9.59 Å². The van der Waals surface area contributed by atoms with Crippen LogP contribution in [0.15, 0.2) is 42.5 Å². The fraction of sp³-hybridized carbons (Fsp3) is 0.417. The molecule has 2 amide bonds. The van der Waals surface area contributed by atoms with E-state index >= 15 is 0 Å². The van der Waals surface area contributed by atoms with E-state index in [4.69, 9.17) is 0 Å². The molecule has 0 heterocycles. The Morgan fingerprint density at radius 2 is 1.72 bits per heavy atom. The van der Waals surface area contributed by atoms with Gasteiger partial charge in [-0.3, -0.25) is 14.5 Å². The Morgan fingerprint density at radius 1 is 1.00 bits per heavy atom. The Bertz CT molecular complexity index is 857. The summed E-state index contributed by atoms with van der Waals surface area (Å²) in [5.41, 5.74) is 5.10. The van der Waals surface area contributed by atoms with Crippen molar-refractivity contribution >= 4 is 23.2 Å². The van der Waals surface area contributed by atoms with E-state index in [0.29, 0.717) is 25.6 Å². The number of hydrogen-bond acceptors (Lipinski definition) is 3. The molecule has 1 fully saturated rings. The van der Waals surface area contributed by atoms with Crippen molar-refractivity contribution in [1.29, 1.82) is 0 Å². The summed E-state index contributed by atoms with van der Waals surface area (Å²) in [6.07, 6.45) is 3.55. The van der Waals surface area contributed by atoms with Crippen LogP contribution in [0, 0.1) is 13.8 Å². The van der Waals surface area contributed by atoms with E-state index in [1.807, 2.05) is 56.3 Å². The Labute approximate surface area is 173 Å². The first-order valence-electron chi connectivity index (χ1n) is 10.4. The summed E-state index contributed by atoms with van der Waals surface area (Å²) >= 11 is 0. The number of aryl methyl sites for hydroxylation is 3. The number of benzene rings is 2. The van der Waals surface area contributed by atoms with Crippen LogP contribution in [0.2, 0.25) is 0 Å². The molecule has 0 bridgehead atoms. The highest BCUT2D eigenvalue weighted by atomic mass is 16.2. The second-order valence-electron chi connectivity index (χ2n) is 7.92. The fourth-order valence-electron chi connectivity index (χ4n) is 3.37. The van der Waals surface area contributed by atoms with E-state index in [1.54, 1.807) is 0 Å². The van der Waals surface area contributed by atoms with Gasteiger partial charge in [0.05, 0.1) is 6.54 Å². The van der Waals surface area contributed by atoms with Gasteiger partial charge in [-0.05, 0) is 68.0 Å². The summed E-state index contributed by atoms with van der Waals surface area (Å²) in [7, 11) is 0. The summed E-state index contributed by atoms with van der Waals surface area (Å²) in [5.74, 6) is -0.0454. The number of hydrogen-bond donors (Lipinski definition) is 2. The van der Waals surface area contributed by atoms with Crippen LogP contribution in [0.25, 0.3) is 0 Å². The van der Waals surface area contributed by atoms with Gasteiger partial charge in [-0.2, -0.15) is 0 Å². The predicted molar refractivity (Wildman–Crippen MR) is 118 cm³/mol. The third-order valence-corrected chi connectivity index (χ3v) is 5.35. The number of rotatable bonds is 9. The van der Waals surface area contributed by atoms with Gasteiger partial charge in [-0.15, -0.1) is 0 Å². The summed E-state index contributed by atoms with van der Waals surface area (Å²) in [6.45, 7) is 7.02. The zero-order chi connectivity index (χ0) is 20.8. The third kappa shape index (κ3) is 6.43. The van der Waals surface area contributed by atoms with Crippen molar-refractivity contribution in [2.24, 2.45) is 0 Å². The molecule has 2 N–H and O–H groups in total. The van der Waals surface area contributed by atoms with Crippen molar-refractivity contribution in [2.75, 3.05) is 23.7 Å². The zero-order valence-electron chi connectivity index (χ0n) is 17.6. The van der Waals surface area contributed by atoms with Crippen LogP contribution in [-0.4, -0.2) is 35.8 Å². The fourth-order valence-corrected chi connectivity index (χ4v) is 3.37. The Kier molecular flexibility index (Phi) is 7.04. The number of carbonyl (C=O) groups excluding carboxylic acids is 2. The first kappa shape index (κ1) is 21.1. The van der Waals surface area contributed by atoms with Crippen molar-refractivity contribution in [3.8, 4) is 0 Å². The summed E-state index contributed by atoms with van der Waals surface area (Å²) in [5, 5.41) is 5.97. The van der Waals surface area contributed by atoms with Crippen LogP contribution in [0.3, 0.4) is 0 Å². The highest BCUT2D eigenvalue weighted by molar-refractivity contribution is 5.93. The van der Waals surface area contributed by atoms with E-state index in [0.717, 1.165) is 41.8 Å². The zero-order valence-corrected chi connectivity index (χ0v) is 17.6. The van der Waals surface area contributed by atoms with E-state index in [2.05, 4.69) is 22.5 Å². The van der Waals surface area contributed by atoms with Crippen LogP contribution in [-0.2, 0) is 16.0 Å². The Hall–Kier alpha value is -2.66. The summed E-state index contributed by atoms with van der Waals surface area (Å²) in [4.78, 5) is 27.0. The molecule has 5 nitrogen and oxygen atoms in total. The summed E-state index contributed by atoms with van der Waals surface area (Å²) < 4.78 is 0. The monoisotopic (exact) mass is 393 g/mol. The molecule has 0 aliphatic heterocycles. The molecule has 1 aliphatic carbocycles. The van der Waals surface area contributed by atoms with Gasteiger partial charge < -0.3 is 10.6 Å². The van der Waals surface area contributed by atoms with E-state index in [1.165, 1.54) is 5.56 Å². The molecule has 2 aromatic carbocycles. The van der Waals surface area contributed by atoms with Gasteiger partial charge in [0.15, 0.2) is 0 Å². The number of anilines is 2. The van der Waals surface area contributed by atoms with Gasteiger partial charge >= 0.3 is 0 Å². The molecule has 0 radical (unpaired) electrons. The molecule has 0 aromatic heterocycles. The standard InChI is InChI=1S/C24H31N3O2/c1-4-19-7-9-20(10-8-19)25-23(28)13-14-27(21-11-12-21)16-24(29)26-22-15-17(2)5-6-18(22)3/h5-10,15,21H,4,11-14,16H2,1-3H3,(H,25,28)(H,26,29). The van der Waals surface area contributed by atoms with Gasteiger partial charge in [-0.1, -0.05) is 31.2 Å². The van der Waals surface area contributed by atoms with Crippen molar-refractivity contribution in [3.63, 3.8) is 0 Å². The second-order valence-corrected chi connectivity index (χ2v) is 7.92. The summed E-state index contributed by atoms with van der Waals surface area (Å²) in [6, 6.07) is 14.4. The number of carbonyl (C=O) groups is 2. The molecule has 0 unspecified atom stereocenters. The maximum absolute atomic E-state index is 12.6. The topological polar surface area (TPSA) is 61.4 Å². The Morgan fingerprint density at radius 3 is 2.38 bits per heavy atom. The molecule has 3 rings (SSSR count). The molecule has 0 saturated heterocycles. The number of nitrogens with one attached hydrogen (secondary N) is 2. The lowest BCUT2D eigenvalue weighted by atomic mass is 10.1. The normalized spacial score (nSPS) is 13.4. The molecule has 5 heteroatoms. The molecule has 0 atom stereocenters. The lowest BCUT2D eigenvalue weighted by Crippen LogP contribution is -2.37. The van der Waals surface area contributed by atoms with Crippen molar-refractivity contribution in [1.82, 2.24) is 4.90 Å². The van der Waals surface area contributed by atoms with Gasteiger partial charge in [-0.25, -0.2) is 0 Å². The molecule has 1 saturated carbocycles. The predicted octanol–water partition coefficient (Wildman–Crippen LogP) is 4.30. The first-order valence-corrected chi connectivity index (χ1v) is 10.4. The molecule has 29 heavy (non-hydrogen) atoms. The molecule has 154 valence electrons. The lowest BCUT2D eigenvalue weighted by Gasteiger charge is -2.21. The average molecular weight is 394 g/mol. The van der Waals surface area contributed by atoms with Crippen LogP contribution in [0.5, 0.6) is 0 Å². The minimum atomic E-state index is -0.0267. The number of amides is 2. The first-order chi connectivity index (χ1) is 13.9. The Balaban J connectivity index is 1.50. The minimum absolute atomic E-state index is 0.0187. The highest BCUT2D eigenvalue weighted by Gasteiger charge is 2.30. The SMILES string of the molecule is CCc1ccc(NC(=O)CCN(CC(=O)Nc2cc(C)ccc2C)C2CC2)cc1. The molecule has 2 aromatic rings.